The summed E-state index contributed by atoms with van der Waals surface area (Å²) in [6, 6.07) is 4.06. The fourth-order valence-electron chi connectivity index (χ4n) is 3.26. The zero-order valence-electron chi connectivity index (χ0n) is 21.1. The van der Waals surface area contributed by atoms with Crippen molar-refractivity contribution in [2.45, 2.75) is 64.3 Å². The molecule has 2 saturated heterocycles. The minimum Gasteiger partial charge on any atom is -0.481 e. The molecule has 1 aromatic heterocycles. The fourth-order valence-corrected chi connectivity index (χ4v) is 3.26. The monoisotopic (exact) mass is 554 g/mol. The standard InChI is InChI=1S/C9H6N2O4.2C7H10O5/c12-7-8(13)11-6-3-4(9(14)15)1-2-5(6)10-7;2*1-7(2)11-4(3-5(8)9)6(10)12-7/h1-3H,(H,10,12)(H,11,13)(H,14,15);2*4H,3H2,1-2H3,(H,8,9)/t;2*4-/m.10/s1. The molecule has 0 amide bonds. The number of H-pyrrole nitrogens is 2. The lowest BCUT2D eigenvalue weighted by molar-refractivity contribution is -0.163. The number of aromatic nitrogens is 2. The van der Waals surface area contributed by atoms with Crippen LogP contribution in [0.2, 0.25) is 0 Å². The van der Waals surface area contributed by atoms with Gasteiger partial charge >= 0.3 is 41.0 Å². The van der Waals surface area contributed by atoms with Crippen LogP contribution in [0.3, 0.4) is 0 Å². The lowest BCUT2D eigenvalue weighted by atomic mass is 10.2. The van der Waals surface area contributed by atoms with Crippen molar-refractivity contribution in [2.75, 3.05) is 0 Å². The maximum atomic E-state index is 11.0. The third-order valence-electron chi connectivity index (χ3n) is 4.76. The summed E-state index contributed by atoms with van der Waals surface area (Å²) in [4.78, 5) is 79.4. The fraction of sp³-hybridized carbons (Fsp3) is 0.435. The number of aliphatic carboxylic acids is 2. The molecule has 16 heteroatoms. The second kappa shape index (κ2) is 11.9. The van der Waals surface area contributed by atoms with Crippen molar-refractivity contribution in [1.29, 1.82) is 0 Å². The number of carbonyl (C=O) groups is 5. The van der Waals surface area contributed by atoms with E-state index in [-0.39, 0.29) is 18.4 Å². The molecule has 5 N–H and O–H groups in total. The Morgan fingerprint density at radius 2 is 1.15 bits per heavy atom. The molecule has 4 rings (SSSR count). The average molecular weight is 554 g/mol. The number of hydrogen-bond donors (Lipinski definition) is 5. The second-order valence-electron chi connectivity index (χ2n) is 9.02. The molecular formula is C23H26N2O14. The number of rotatable bonds is 5. The average Bonchev–Trinajstić information content (AvgIpc) is 3.19. The van der Waals surface area contributed by atoms with Crippen LogP contribution in [0.15, 0.2) is 27.8 Å². The SMILES string of the molecule is CC1(C)OC(=O)[C@@H](CC(=O)O)O1.CC1(C)OC(=O)[C@H](CC(=O)O)O1.O=C(O)c1ccc2[nH]c(=O)c(=O)[nH]c2c1. The van der Waals surface area contributed by atoms with E-state index < -0.39 is 64.7 Å². The van der Waals surface area contributed by atoms with Gasteiger partial charge in [0.1, 0.15) is 0 Å². The van der Waals surface area contributed by atoms with E-state index in [1.165, 1.54) is 18.2 Å². The van der Waals surface area contributed by atoms with Gasteiger partial charge in [-0.3, -0.25) is 19.2 Å². The molecule has 2 aliphatic rings. The number of carboxylic acids is 3. The second-order valence-corrected chi connectivity index (χ2v) is 9.02. The van der Waals surface area contributed by atoms with Crippen LogP contribution >= 0.6 is 0 Å². The van der Waals surface area contributed by atoms with Gasteiger partial charge in [0.25, 0.3) is 0 Å². The minimum atomic E-state index is -1.09. The highest BCUT2D eigenvalue weighted by atomic mass is 16.8. The summed E-state index contributed by atoms with van der Waals surface area (Å²) in [6.07, 6.45) is -2.61. The van der Waals surface area contributed by atoms with Gasteiger partial charge in [0.15, 0.2) is 12.2 Å². The first kappa shape index (κ1) is 30.7. The molecule has 0 spiro atoms. The van der Waals surface area contributed by atoms with E-state index in [0.29, 0.717) is 11.0 Å². The Balaban J connectivity index is 0.000000207. The van der Waals surface area contributed by atoms with E-state index in [0.717, 1.165) is 0 Å². The van der Waals surface area contributed by atoms with Gasteiger partial charge in [-0.25, -0.2) is 14.4 Å². The number of hydrogen-bond acceptors (Lipinski definition) is 11. The molecule has 0 aliphatic carbocycles. The molecule has 0 radical (unpaired) electrons. The summed E-state index contributed by atoms with van der Waals surface area (Å²) in [7, 11) is 0. The van der Waals surface area contributed by atoms with Crippen LogP contribution in [0, 0.1) is 0 Å². The van der Waals surface area contributed by atoms with Crippen molar-refractivity contribution in [3.05, 3.63) is 44.5 Å². The highest BCUT2D eigenvalue weighted by Crippen LogP contribution is 2.26. The van der Waals surface area contributed by atoms with Crippen LogP contribution in [-0.2, 0) is 38.1 Å². The summed E-state index contributed by atoms with van der Waals surface area (Å²) in [5, 5.41) is 25.5. The Kier molecular flexibility index (Phi) is 9.33. The van der Waals surface area contributed by atoms with Gasteiger partial charge in [-0.15, -0.1) is 0 Å². The number of carbonyl (C=O) groups excluding carboxylic acids is 2. The van der Waals surface area contributed by atoms with Crippen LogP contribution in [0.4, 0.5) is 0 Å². The van der Waals surface area contributed by atoms with Gasteiger partial charge in [-0.05, 0) is 18.2 Å². The van der Waals surface area contributed by atoms with Crippen LogP contribution in [0.25, 0.3) is 11.0 Å². The molecule has 3 heterocycles. The Bertz CT molecular complexity index is 1360. The molecular weight excluding hydrogens is 528 g/mol. The molecule has 0 unspecified atom stereocenters. The summed E-state index contributed by atoms with van der Waals surface area (Å²) in [5.41, 5.74) is -0.829. The summed E-state index contributed by atoms with van der Waals surface area (Å²) < 4.78 is 19.5. The normalized spacial score (nSPS) is 20.5. The quantitative estimate of drug-likeness (QED) is 0.244. The third-order valence-corrected chi connectivity index (χ3v) is 4.76. The van der Waals surface area contributed by atoms with Crippen molar-refractivity contribution < 1.29 is 58.2 Å². The number of aromatic amines is 2. The number of ether oxygens (including phenoxy) is 4. The maximum absolute atomic E-state index is 11.0. The molecule has 212 valence electrons. The van der Waals surface area contributed by atoms with Crippen molar-refractivity contribution in [3.63, 3.8) is 0 Å². The van der Waals surface area contributed by atoms with Crippen LogP contribution < -0.4 is 11.1 Å². The van der Waals surface area contributed by atoms with Crippen molar-refractivity contribution in [3.8, 4) is 0 Å². The molecule has 0 bridgehead atoms. The lowest BCUT2D eigenvalue weighted by Crippen LogP contribution is -2.28. The van der Waals surface area contributed by atoms with Gasteiger partial charge in [-0.1, -0.05) is 0 Å². The molecule has 2 aromatic rings. The number of benzene rings is 1. The predicted molar refractivity (Wildman–Crippen MR) is 127 cm³/mol. The molecule has 0 saturated carbocycles. The first-order valence-electron chi connectivity index (χ1n) is 11.1. The molecule has 2 atom stereocenters. The first-order valence-corrected chi connectivity index (χ1v) is 11.1. The van der Waals surface area contributed by atoms with Gasteiger partial charge < -0.3 is 44.2 Å². The van der Waals surface area contributed by atoms with Crippen molar-refractivity contribution in [2.24, 2.45) is 0 Å². The van der Waals surface area contributed by atoms with Gasteiger partial charge in [0.2, 0.25) is 11.6 Å². The van der Waals surface area contributed by atoms with Gasteiger partial charge in [0, 0.05) is 27.7 Å². The van der Waals surface area contributed by atoms with Crippen LogP contribution in [-0.4, -0.2) is 78.9 Å². The minimum absolute atomic E-state index is 0.0465. The number of nitrogens with one attached hydrogen (secondary N) is 2. The van der Waals surface area contributed by atoms with E-state index in [2.05, 4.69) is 9.97 Å². The Labute approximate surface area is 218 Å². The lowest BCUT2D eigenvalue weighted by Gasteiger charge is -2.14. The number of esters is 2. The van der Waals surface area contributed by atoms with E-state index in [4.69, 9.17) is 34.3 Å². The van der Waals surface area contributed by atoms with Crippen LogP contribution in [0.1, 0.15) is 50.9 Å². The van der Waals surface area contributed by atoms with E-state index in [1.54, 1.807) is 27.7 Å². The van der Waals surface area contributed by atoms with E-state index in [1.807, 2.05) is 0 Å². The number of aromatic carboxylic acids is 1. The highest BCUT2D eigenvalue weighted by molar-refractivity contribution is 5.92. The molecule has 1 aromatic carbocycles. The topological polar surface area (TPSA) is 249 Å². The summed E-state index contributed by atoms with van der Waals surface area (Å²) in [6.45, 7) is 6.25. The first-order chi connectivity index (χ1) is 17.9. The molecule has 16 nitrogen and oxygen atoms in total. The molecule has 2 aliphatic heterocycles. The number of carboxylic acid groups (broad SMARTS) is 3. The van der Waals surface area contributed by atoms with Gasteiger partial charge in [-0.2, -0.15) is 0 Å². The number of fused-ring (bicyclic) bond motifs is 1. The van der Waals surface area contributed by atoms with Crippen molar-refractivity contribution >= 4 is 40.9 Å². The maximum Gasteiger partial charge on any atom is 0.338 e. The zero-order valence-corrected chi connectivity index (χ0v) is 21.1. The Morgan fingerprint density at radius 3 is 1.49 bits per heavy atom. The highest BCUT2D eigenvalue weighted by Gasteiger charge is 2.42. The molecule has 39 heavy (non-hydrogen) atoms. The van der Waals surface area contributed by atoms with Gasteiger partial charge in [0.05, 0.1) is 29.4 Å². The smallest absolute Gasteiger partial charge is 0.338 e. The number of cyclic esters (lactones) is 2. The van der Waals surface area contributed by atoms with E-state index >= 15 is 0 Å². The summed E-state index contributed by atoms with van der Waals surface area (Å²) in [5.74, 6) is -6.44. The van der Waals surface area contributed by atoms with E-state index in [9.17, 15) is 33.6 Å². The summed E-state index contributed by atoms with van der Waals surface area (Å²) >= 11 is 0. The predicted octanol–water partition coefficient (Wildman–Crippen LogP) is 0.193. The third kappa shape index (κ3) is 9.04. The Morgan fingerprint density at radius 1 is 0.744 bits per heavy atom. The largest absolute Gasteiger partial charge is 0.481 e. The Hall–Kier alpha value is -4.57. The van der Waals surface area contributed by atoms with Crippen molar-refractivity contribution in [1.82, 2.24) is 9.97 Å². The van der Waals surface area contributed by atoms with Crippen LogP contribution in [0.5, 0.6) is 0 Å². The zero-order chi connectivity index (χ0) is 29.7. The molecule has 2 fully saturated rings.